The van der Waals surface area contributed by atoms with Gasteiger partial charge in [-0.25, -0.2) is 0 Å². The van der Waals surface area contributed by atoms with Crippen molar-refractivity contribution < 1.29 is 4.74 Å². The number of hydrogen-bond donors (Lipinski definition) is 0. The smallest absolute Gasteiger partial charge is 0.207 e. The Hall–Kier alpha value is -0.840. The number of ether oxygens (including phenoxy) is 1. The molecule has 0 N–H and O–H groups in total. The summed E-state index contributed by atoms with van der Waals surface area (Å²) in [4.78, 5) is 0. The molecule has 1 aromatic heterocycles. The van der Waals surface area contributed by atoms with Crippen LogP contribution in [-0.2, 0) is 6.61 Å². The van der Waals surface area contributed by atoms with E-state index >= 15 is 0 Å². The molecule has 90 valence electrons. The van der Waals surface area contributed by atoms with E-state index in [0.29, 0.717) is 11.1 Å². The molecule has 0 atom stereocenters. The van der Waals surface area contributed by atoms with Crippen molar-refractivity contribution >= 4 is 34.5 Å². The zero-order chi connectivity index (χ0) is 12.4. The zero-order valence-corrected chi connectivity index (χ0v) is 11.7. The minimum absolute atomic E-state index is 0.366. The lowest BCUT2D eigenvalue weighted by Gasteiger charge is -2.08. The molecule has 0 amide bonds. The second kappa shape index (κ2) is 5.21. The monoisotopic (exact) mass is 288 g/mol. The largest absolute Gasteiger partial charge is 0.486 e. The third kappa shape index (κ3) is 3.09. The lowest BCUT2D eigenvalue weighted by Crippen LogP contribution is -1.96. The normalized spacial score (nSPS) is 10.6. The van der Waals surface area contributed by atoms with E-state index in [-0.39, 0.29) is 0 Å². The van der Waals surface area contributed by atoms with Crippen molar-refractivity contribution in [2.24, 2.45) is 0 Å². The summed E-state index contributed by atoms with van der Waals surface area (Å²) >= 11 is 13.1. The molecule has 2 aromatic rings. The first-order chi connectivity index (χ1) is 8.06. The summed E-state index contributed by atoms with van der Waals surface area (Å²) in [6.45, 7) is 4.26. The van der Waals surface area contributed by atoms with Crippen molar-refractivity contribution in [2.75, 3.05) is 0 Å². The number of benzene rings is 1. The van der Waals surface area contributed by atoms with Crippen LogP contribution in [0.3, 0.4) is 0 Å². The van der Waals surface area contributed by atoms with E-state index in [0.717, 1.165) is 26.9 Å². The molecule has 0 unspecified atom stereocenters. The Morgan fingerprint density at radius 1 is 1.18 bits per heavy atom. The molecule has 0 aliphatic rings. The average Bonchev–Trinajstić information content (AvgIpc) is 2.69. The SMILES string of the molecule is Cc1cc(OCc2nnc(Cl)s2)cc(C)c1Cl. The predicted octanol–water partition coefficient (Wildman–Crippen LogP) is 4.04. The van der Waals surface area contributed by atoms with E-state index in [2.05, 4.69) is 10.2 Å². The zero-order valence-electron chi connectivity index (χ0n) is 9.33. The Balaban J connectivity index is 2.09. The van der Waals surface area contributed by atoms with Gasteiger partial charge in [0.15, 0.2) is 5.01 Å². The van der Waals surface area contributed by atoms with Crippen LogP contribution in [0.2, 0.25) is 9.49 Å². The number of aryl methyl sites for hydroxylation is 2. The van der Waals surface area contributed by atoms with Crippen LogP contribution in [0.25, 0.3) is 0 Å². The Kier molecular flexibility index (Phi) is 3.86. The van der Waals surface area contributed by atoms with Gasteiger partial charge in [0.1, 0.15) is 12.4 Å². The van der Waals surface area contributed by atoms with Gasteiger partial charge in [-0.1, -0.05) is 22.9 Å². The molecular weight excluding hydrogens is 279 g/mol. The molecule has 0 spiro atoms. The Labute approximate surface area is 113 Å². The first kappa shape index (κ1) is 12.6. The second-order valence-corrected chi connectivity index (χ2v) is 5.63. The fraction of sp³-hybridized carbons (Fsp3) is 0.273. The van der Waals surface area contributed by atoms with Crippen LogP contribution >= 0.6 is 34.5 Å². The number of nitrogens with zero attached hydrogens (tertiary/aromatic N) is 2. The summed E-state index contributed by atoms with van der Waals surface area (Å²) < 4.78 is 6.04. The van der Waals surface area contributed by atoms with E-state index in [1.165, 1.54) is 11.3 Å². The van der Waals surface area contributed by atoms with Crippen LogP contribution in [0, 0.1) is 13.8 Å². The summed E-state index contributed by atoms with van der Waals surface area (Å²) in [5, 5.41) is 9.11. The van der Waals surface area contributed by atoms with Crippen LogP contribution in [-0.4, -0.2) is 10.2 Å². The topological polar surface area (TPSA) is 35.0 Å². The minimum atomic E-state index is 0.366. The van der Waals surface area contributed by atoms with Gasteiger partial charge in [0, 0.05) is 5.02 Å². The fourth-order valence-electron chi connectivity index (χ4n) is 1.43. The molecule has 0 fully saturated rings. The van der Waals surface area contributed by atoms with E-state index in [4.69, 9.17) is 27.9 Å². The number of hydrogen-bond acceptors (Lipinski definition) is 4. The van der Waals surface area contributed by atoms with E-state index in [1.807, 2.05) is 26.0 Å². The maximum Gasteiger partial charge on any atom is 0.207 e. The van der Waals surface area contributed by atoms with Crippen LogP contribution in [0.4, 0.5) is 0 Å². The molecule has 0 aliphatic heterocycles. The van der Waals surface area contributed by atoms with Crippen molar-refractivity contribution in [3.8, 4) is 5.75 Å². The summed E-state index contributed by atoms with van der Waals surface area (Å²) in [7, 11) is 0. The van der Waals surface area contributed by atoms with Gasteiger partial charge in [0.2, 0.25) is 4.47 Å². The highest BCUT2D eigenvalue weighted by Crippen LogP contribution is 2.26. The third-order valence-electron chi connectivity index (χ3n) is 2.21. The van der Waals surface area contributed by atoms with Gasteiger partial charge in [-0.15, -0.1) is 10.2 Å². The first-order valence-electron chi connectivity index (χ1n) is 4.93. The van der Waals surface area contributed by atoms with Crippen molar-refractivity contribution in [3.63, 3.8) is 0 Å². The molecule has 0 radical (unpaired) electrons. The van der Waals surface area contributed by atoms with Gasteiger partial charge in [0.25, 0.3) is 0 Å². The maximum atomic E-state index is 6.08. The Morgan fingerprint density at radius 3 is 2.35 bits per heavy atom. The van der Waals surface area contributed by atoms with E-state index in [1.54, 1.807) is 0 Å². The van der Waals surface area contributed by atoms with Gasteiger partial charge in [-0.05, 0) is 48.7 Å². The van der Waals surface area contributed by atoms with Gasteiger partial charge < -0.3 is 4.74 Å². The summed E-state index contributed by atoms with van der Waals surface area (Å²) in [6.07, 6.45) is 0. The highest BCUT2D eigenvalue weighted by Gasteiger charge is 2.06. The highest BCUT2D eigenvalue weighted by atomic mass is 35.5. The third-order valence-corrected chi connectivity index (χ3v) is 3.80. The van der Waals surface area contributed by atoms with E-state index in [9.17, 15) is 0 Å². The molecule has 3 nitrogen and oxygen atoms in total. The minimum Gasteiger partial charge on any atom is -0.486 e. The van der Waals surface area contributed by atoms with E-state index < -0.39 is 0 Å². The second-order valence-electron chi connectivity index (χ2n) is 3.61. The lowest BCUT2D eigenvalue weighted by atomic mass is 10.1. The molecule has 17 heavy (non-hydrogen) atoms. The molecular formula is C11H10Cl2N2OS. The summed E-state index contributed by atoms with van der Waals surface area (Å²) in [6, 6.07) is 3.80. The lowest BCUT2D eigenvalue weighted by molar-refractivity contribution is 0.304. The Bertz CT molecular complexity index is 519. The first-order valence-corrected chi connectivity index (χ1v) is 6.51. The molecule has 1 aromatic carbocycles. The van der Waals surface area contributed by atoms with Crippen LogP contribution in [0.1, 0.15) is 16.1 Å². The summed E-state index contributed by atoms with van der Waals surface area (Å²) in [5.74, 6) is 0.774. The quantitative estimate of drug-likeness (QED) is 0.855. The molecule has 0 bridgehead atoms. The van der Waals surface area contributed by atoms with Gasteiger partial charge in [-0.3, -0.25) is 0 Å². The molecule has 1 heterocycles. The molecule has 0 aliphatic carbocycles. The molecule has 0 saturated carbocycles. The number of aromatic nitrogens is 2. The molecule has 2 rings (SSSR count). The number of rotatable bonds is 3. The standard InChI is InChI=1S/C11H10Cl2N2OS/c1-6-3-8(4-7(2)10(6)12)16-5-9-14-15-11(13)17-9/h3-4H,5H2,1-2H3. The highest BCUT2D eigenvalue weighted by molar-refractivity contribution is 7.15. The van der Waals surface area contributed by atoms with Crippen LogP contribution in [0.5, 0.6) is 5.75 Å². The van der Waals surface area contributed by atoms with Crippen molar-refractivity contribution in [1.29, 1.82) is 0 Å². The fourth-order valence-corrected chi connectivity index (χ4v) is 2.32. The summed E-state index contributed by atoms with van der Waals surface area (Å²) in [5.41, 5.74) is 1.99. The van der Waals surface area contributed by atoms with Crippen LogP contribution < -0.4 is 4.74 Å². The van der Waals surface area contributed by atoms with Gasteiger partial charge in [-0.2, -0.15) is 0 Å². The van der Waals surface area contributed by atoms with Crippen molar-refractivity contribution in [2.45, 2.75) is 20.5 Å². The van der Waals surface area contributed by atoms with Gasteiger partial charge >= 0.3 is 0 Å². The molecule has 0 saturated heterocycles. The van der Waals surface area contributed by atoms with Crippen molar-refractivity contribution in [3.05, 3.63) is 37.8 Å². The van der Waals surface area contributed by atoms with Crippen LogP contribution in [0.15, 0.2) is 12.1 Å². The average molecular weight is 289 g/mol. The molecule has 6 heteroatoms. The van der Waals surface area contributed by atoms with Crippen molar-refractivity contribution in [1.82, 2.24) is 10.2 Å². The van der Waals surface area contributed by atoms with Gasteiger partial charge in [0.05, 0.1) is 0 Å². The number of halogens is 2. The predicted molar refractivity (Wildman–Crippen MR) is 70.2 cm³/mol. The maximum absolute atomic E-state index is 6.08. The Morgan fingerprint density at radius 2 is 1.82 bits per heavy atom.